The number of rotatable bonds is 3. The zero-order chi connectivity index (χ0) is 11.5. The van der Waals surface area contributed by atoms with Crippen LogP contribution in [-0.4, -0.2) is 13.0 Å². The van der Waals surface area contributed by atoms with Gasteiger partial charge in [-0.05, 0) is 25.9 Å². The minimum atomic E-state index is -2.34. The van der Waals surface area contributed by atoms with Crippen molar-refractivity contribution >= 4 is 0 Å². The van der Waals surface area contributed by atoms with Gasteiger partial charge < -0.3 is 5.31 Å². The van der Waals surface area contributed by atoms with Crippen LogP contribution in [0.4, 0.5) is 0 Å². The van der Waals surface area contributed by atoms with Gasteiger partial charge in [0.2, 0.25) is 0 Å². The lowest BCUT2D eigenvalue weighted by atomic mass is 10.1. The van der Waals surface area contributed by atoms with Crippen molar-refractivity contribution in [2.24, 2.45) is 0 Å². The molecule has 1 rings (SSSR count). The van der Waals surface area contributed by atoms with Crippen LogP contribution in [0.5, 0.6) is 0 Å². The molecule has 0 amide bonds. The summed E-state index contributed by atoms with van der Waals surface area (Å²) in [6.07, 6.45) is 0.572. The first-order chi connectivity index (χ1) is 6.91. The topological polar surface area (TPSA) is 12.0 Å². The van der Waals surface area contributed by atoms with Gasteiger partial charge in [0.15, 0.2) is 0 Å². The molecule has 60 valence electrons. The Morgan fingerprint density at radius 2 is 2.27 bits per heavy atom. The van der Waals surface area contributed by atoms with Crippen LogP contribution < -0.4 is 5.31 Å². The number of likely N-dealkylation sites (N-methyl/N-ethyl adjacent to an activating group) is 1. The van der Waals surface area contributed by atoms with Crippen molar-refractivity contribution < 1.29 is 5.52 Å². The highest BCUT2D eigenvalue weighted by atomic mass is 14.8. The Labute approximate surface area is 74.1 Å². The van der Waals surface area contributed by atoms with Crippen LogP contribution in [0.2, 0.25) is 1.41 Å². The van der Waals surface area contributed by atoms with Gasteiger partial charge in [-0.25, -0.2) is 0 Å². The standard InChI is InChI=1S/C10H15N/c1-9(11-2)8-10-6-4-3-5-7-10/h3-7,9,11H,8H2,1-2H3/i2D3/hD. The Kier molecular flexibility index (Phi) is 1.61. The molecular formula is C10H15N. The van der Waals surface area contributed by atoms with E-state index in [1.807, 2.05) is 30.3 Å². The molecule has 1 aromatic rings. The molecule has 0 bridgehead atoms. The Morgan fingerprint density at radius 3 is 2.91 bits per heavy atom. The maximum absolute atomic E-state index is 7.45. The van der Waals surface area contributed by atoms with E-state index < -0.39 is 6.98 Å². The number of benzene rings is 1. The maximum Gasteiger partial charge on any atom is 0.122 e. The maximum atomic E-state index is 7.45. The van der Waals surface area contributed by atoms with Gasteiger partial charge in [0, 0.05) is 10.2 Å². The molecule has 1 N–H and O–H groups in total. The fourth-order valence-electron chi connectivity index (χ4n) is 1.00. The van der Waals surface area contributed by atoms with Crippen LogP contribution in [0.3, 0.4) is 0 Å². The van der Waals surface area contributed by atoms with Crippen LogP contribution in [0.1, 0.15) is 16.6 Å². The summed E-state index contributed by atoms with van der Waals surface area (Å²) in [5, 5.41) is 0.681. The molecule has 1 unspecified atom stereocenters. The molecule has 0 aliphatic rings. The van der Waals surface area contributed by atoms with Crippen molar-refractivity contribution in [1.29, 1.82) is 0 Å². The molecule has 0 aromatic heterocycles. The lowest BCUT2D eigenvalue weighted by Gasteiger charge is -2.08. The highest BCUT2D eigenvalue weighted by Crippen LogP contribution is 2.01. The van der Waals surface area contributed by atoms with Gasteiger partial charge in [-0.1, -0.05) is 30.3 Å². The zero-order valence-electron chi connectivity index (χ0n) is 10.6. The van der Waals surface area contributed by atoms with Gasteiger partial charge in [-0.2, -0.15) is 0 Å². The summed E-state index contributed by atoms with van der Waals surface area (Å²) in [5.41, 5.74) is 1.05. The molecule has 0 saturated heterocycles. The van der Waals surface area contributed by atoms with Crippen LogP contribution in [0.15, 0.2) is 30.3 Å². The van der Waals surface area contributed by atoms with Crippen molar-refractivity contribution in [2.45, 2.75) is 19.4 Å². The van der Waals surface area contributed by atoms with Gasteiger partial charge in [-0.3, -0.25) is 0 Å². The molecule has 0 aliphatic carbocycles. The number of nitrogens with one attached hydrogen (secondary N) is 1. The Morgan fingerprint density at radius 1 is 1.55 bits per heavy atom. The number of hydrogen-bond acceptors (Lipinski definition) is 1. The molecule has 0 radical (unpaired) electrons. The smallest absolute Gasteiger partial charge is 0.122 e. The van der Waals surface area contributed by atoms with Crippen LogP contribution >= 0.6 is 0 Å². The largest absolute Gasteiger partial charge is 0.317 e. The Hall–Kier alpha value is -0.820. The van der Waals surface area contributed by atoms with E-state index in [1.165, 1.54) is 0 Å². The minimum Gasteiger partial charge on any atom is -0.317 e. The van der Waals surface area contributed by atoms with Crippen LogP contribution in [-0.2, 0) is 6.42 Å². The summed E-state index contributed by atoms with van der Waals surface area (Å²) in [4.78, 5) is 0. The predicted molar refractivity (Wildman–Crippen MR) is 48.7 cm³/mol. The third-order valence-electron chi connectivity index (χ3n) is 1.59. The average Bonchev–Trinajstić information content (AvgIpc) is 2.16. The van der Waals surface area contributed by atoms with Crippen molar-refractivity contribution in [2.75, 3.05) is 6.98 Å². The third-order valence-corrected chi connectivity index (χ3v) is 1.59. The summed E-state index contributed by atoms with van der Waals surface area (Å²) < 4.78 is 28.8. The van der Waals surface area contributed by atoms with Crippen molar-refractivity contribution in [3.8, 4) is 0 Å². The monoisotopic (exact) mass is 153 g/mol. The first-order valence-corrected chi connectivity index (χ1v) is 3.73. The van der Waals surface area contributed by atoms with E-state index >= 15 is 0 Å². The second kappa shape index (κ2) is 4.14. The first-order valence-electron chi connectivity index (χ1n) is 5.68. The minimum absolute atomic E-state index is 0.320. The highest BCUT2D eigenvalue weighted by Gasteiger charge is 1.97. The molecule has 1 nitrogen and oxygen atoms in total. The fraction of sp³-hybridized carbons (Fsp3) is 0.400. The SMILES string of the molecule is [2H]N(C(C)Cc1ccccc1)C([2H])([2H])[2H]. The molecule has 0 saturated carbocycles. The molecule has 1 aromatic carbocycles. The predicted octanol–water partition coefficient (Wildman–Crippen LogP) is 1.84. The van der Waals surface area contributed by atoms with Crippen LogP contribution in [0, 0.1) is 0 Å². The van der Waals surface area contributed by atoms with Gasteiger partial charge in [0.1, 0.15) is 1.41 Å². The van der Waals surface area contributed by atoms with Crippen molar-refractivity contribution in [3.63, 3.8) is 0 Å². The molecule has 0 heterocycles. The van der Waals surface area contributed by atoms with E-state index in [-0.39, 0.29) is 6.04 Å². The number of hydrogen-bond donors (Lipinski definition) is 1. The summed E-state index contributed by atoms with van der Waals surface area (Å²) >= 11 is 0. The van der Waals surface area contributed by atoms with Crippen molar-refractivity contribution in [1.82, 2.24) is 5.31 Å². The van der Waals surface area contributed by atoms with E-state index in [4.69, 9.17) is 5.52 Å². The first kappa shape index (κ1) is 4.27. The molecule has 1 heteroatoms. The molecule has 0 fully saturated rings. The third kappa shape index (κ3) is 2.72. The fourth-order valence-corrected chi connectivity index (χ4v) is 1.00. The summed E-state index contributed by atoms with van der Waals surface area (Å²) in [6.45, 7) is -0.597. The lowest BCUT2D eigenvalue weighted by molar-refractivity contribution is 0.608. The van der Waals surface area contributed by atoms with Gasteiger partial charge in [0.05, 0.1) is 0 Å². The molecule has 11 heavy (non-hydrogen) atoms. The van der Waals surface area contributed by atoms with E-state index in [2.05, 4.69) is 0 Å². The van der Waals surface area contributed by atoms with E-state index in [0.717, 1.165) is 5.56 Å². The van der Waals surface area contributed by atoms with E-state index in [9.17, 15) is 0 Å². The zero-order valence-corrected chi connectivity index (χ0v) is 6.62. The Bertz CT molecular complexity index is 296. The molecular weight excluding hydrogens is 134 g/mol. The molecule has 1 atom stereocenters. The molecule has 0 aliphatic heterocycles. The second-order valence-electron chi connectivity index (χ2n) is 2.67. The van der Waals surface area contributed by atoms with Crippen molar-refractivity contribution in [3.05, 3.63) is 35.9 Å². The van der Waals surface area contributed by atoms with E-state index in [1.54, 1.807) is 6.92 Å². The summed E-state index contributed by atoms with van der Waals surface area (Å²) in [5.74, 6) is 0. The Balaban J connectivity index is 2.60. The quantitative estimate of drug-likeness (QED) is 0.698. The van der Waals surface area contributed by atoms with Gasteiger partial charge in [-0.15, -0.1) is 0 Å². The van der Waals surface area contributed by atoms with E-state index in [0.29, 0.717) is 11.7 Å². The van der Waals surface area contributed by atoms with Gasteiger partial charge in [0.25, 0.3) is 0 Å². The normalized spacial score (nSPS) is 19.8. The summed E-state index contributed by atoms with van der Waals surface area (Å²) in [7, 11) is 0. The average molecular weight is 153 g/mol. The molecule has 0 spiro atoms. The second-order valence-corrected chi connectivity index (χ2v) is 2.67. The summed E-state index contributed by atoms with van der Waals surface area (Å²) in [6, 6.07) is 9.28. The highest BCUT2D eigenvalue weighted by molar-refractivity contribution is 5.15. The lowest BCUT2D eigenvalue weighted by Crippen LogP contribution is -2.23. The van der Waals surface area contributed by atoms with Gasteiger partial charge >= 0.3 is 0 Å². The van der Waals surface area contributed by atoms with Crippen LogP contribution in [0.25, 0.3) is 0 Å².